The maximum atomic E-state index is 12.8. The molecular weight excluding hydrogens is 849 g/mol. The zero-order valence-electron chi connectivity index (χ0n) is 37.5. The number of fused-ring (bicyclic) bond motifs is 6. The maximum absolute atomic E-state index is 12.8. The first-order valence-electron chi connectivity index (χ1n) is 22.4. The predicted molar refractivity (Wildman–Crippen MR) is 256 cm³/mol. The highest BCUT2D eigenvalue weighted by molar-refractivity contribution is 7.86. The van der Waals surface area contributed by atoms with E-state index >= 15 is 0 Å². The van der Waals surface area contributed by atoms with Gasteiger partial charge in [0, 0.05) is 72.9 Å². The Labute approximate surface area is 378 Å². The Morgan fingerprint density at radius 3 is 1.97 bits per heavy atom. The van der Waals surface area contributed by atoms with E-state index in [-0.39, 0.29) is 41.9 Å². The van der Waals surface area contributed by atoms with Crippen LogP contribution >= 0.6 is 0 Å². The molecule has 1 aliphatic carbocycles. The van der Waals surface area contributed by atoms with Crippen LogP contribution in [0, 0.1) is 0 Å². The third-order valence-corrected chi connectivity index (χ3v) is 15.2. The van der Waals surface area contributed by atoms with Crippen LogP contribution in [0.1, 0.15) is 71.4 Å². The van der Waals surface area contributed by atoms with Crippen molar-refractivity contribution in [2.75, 3.05) is 67.2 Å². The first kappa shape index (κ1) is 45.4. The van der Waals surface area contributed by atoms with E-state index in [0.29, 0.717) is 45.9 Å². The quantitative estimate of drug-likeness (QED) is 0.124. The van der Waals surface area contributed by atoms with Gasteiger partial charge in [0.25, 0.3) is 20.2 Å². The van der Waals surface area contributed by atoms with E-state index < -0.39 is 25.7 Å². The number of carbonyl (C=O) groups excluding carboxylic acids is 1. The van der Waals surface area contributed by atoms with Crippen LogP contribution in [-0.4, -0.2) is 105 Å². The number of piperazine rings is 1. The normalized spacial score (nSPS) is 21.0. The zero-order chi connectivity index (χ0) is 45.6. The zero-order valence-corrected chi connectivity index (χ0v) is 39.1. The molecule has 4 aromatic carbocycles. The van der Waals surface area contributed by atoms with E-state index in [2.05, 4.69) is 121 Å². The number of hydrogen-bond donors (Lipinski definition) is 2. The predicted octanol–water partition coefficient (Wildman–Crippen LogP) is 9.00. The van der Waals surface area contributed by atoms with Crippen LogP contribution in [0.15, 0.2) is 120 Å². The summed E-state index contributed by atoms with van der Waals surface area (Å²) in [6.07, 6.45) is 10.7. The molecule has 64 heavy (non-hydrogen) atoms. The molecule has 1 fully saturated rings. The van der Waals surface area contributed by atoms with Crippen molar-refractivity contribution >= 4 is 59.2 Å². The monoisotopic (exact) mass is 908 g/mol. The molecule has 0 aromatic heterocycles. The van der Waals surface area contributed by atoms with E-state index in [1.807, 2.05) is 25.1 Å². The van der Waals surface area contributed by atoms with Crippen molar-refractivity contribution in [3.05, 3.63) is 131 Å². The molecule has 1 amide bonds. The molecule has 14 heteroatoms. The van der Waals surface area contributed by atoms with Gasteiger partial charge < -0.3 is 24.3 Å². The summed E-state index contributed by atoms with van der Waals surface area (Å²) in [5.41, 5.74) is 8.19. The first-order valence-corrected chi connectivity index (χ1v) is 25.6. The molecular formula is C50H60N4O8S2. The van der Waals surface area contributed by atoms with Crippen molar-refractivity contribution in [2.45, 2.75) is 77.2 Å². The van der Waals surface area contributed by atoms with Crippen LogP contribution in [-0.2, 0) is 35.8 Å². The second kappa shape index (κ2) is 17.7. The van der Waals surface area contributed by atoms with E-state index in [1.54, 1.807) is 4.90 Å². The lowest BCUT2D eigenvalue weighted by molar-refractivity contribution is 0.0873. The fourth-order valence-corrected chi connectivity index (χ4v) is 11.7. The molecule has 12 nitrogen and oxygen atoms in total. The largest absolute Gasteiger partial charge is 0.450 e. The average Bonchev–Trinajstić information content (AvgIpc) is 3.82. The Balaban J connectivity index is 1.20. The number of hydrogen-bond acceptors (Lipinski definition) is 9. The van der Waals surface area contributed by atoms with Crippen LogP contribution in [0.5, 0.6) is 0 Å². The Hall–Kier alpha value is -5.15. The van der Waals surface area contributed by atoms with Crippen molar-refractivity contribution in [3.8, 4) is 0 Å². The third kappa shape index (κ3) is 8.94. The average molecular weight is 909 g/mol. The second-order valence-corrected chi connectivity index (χ2v) is 21.6. The second-order valence-electron chi connectivity index (χ2n) is 18.4. The minimum atomic E-state index is -4.14. The molecule has 0 spiro atoms. The van der Waals surface area contributed by atoms with Crippen molar-refractivity contribution in [1.29, 1.82) is 0 Å². The summed E-state index contributed by atoms with van der Waals surface area (Å²) < 4.78 is 72.1. The minimum Gasteiger partial charge on any atom is -0.450 e. The molecule has 4 aromatic rings. The Kier molecular flexibility index (Phi) is 12.5. The summed E-state index contributed by atoms with van der Waals surface area (Å²) in [5.74, 6) is -0.658. The summed E-state index contributed by atoms with van der Waals surface area (Å²) in [5, 5.41) is 4.58. The number of nitrogens with zero attached hydrogens (tertiary/aromatic N) is 4. The van der Waals surface area contributed by atoms with Gasteiger partial charge in [0.2, 0.25) is 0 Å². The van der Waals surface area contributed by atoms with Crippen LogP contribution < -0.4 is 9.80 Å². The molecule has 0 bridgehead atoms. The molecule has 4 aliphatic rings. The summed E-state index contributed by atoms with van der Waals surface area (Å²) in [7, 11) is -8.28. The topological polar surface area (TPSA) is 148 Å². The third-order valence-electron chi connectivity index (χ3n) is 13.6. The van der Waals surface area contributed by atoms with E-state index in [1.165, 1.54) is 16.7 Å². The highest BCUT2D eigenvalue weighted by atomic mass is 32.2. The van der Waals surface area contributed by atoms with Gasteiger partial charge in [-0.25, -0.2) is 4.79 Å². The van der Waals surface area contributed by atoms with Gasteiger partial charge in [-0.1, -0.05) is 107 Å². The number of carbonyl (C=O) groups is 1. The van der Waals surface area contributed by atoms with Crippen molar-refractivity contribution in [3.63, 3.8) is 0 Å². The van der Waals surface area contributed by atoms with Crippen LogP contribution in [0.25, 0.3) is 21.5 Å². The van der Waals surface area contributed by atoms with Gasteiger partial charge in [0.15, 0.2) is 0 Å². The van der Waals surface area contributed by atoms with Crippen LogP contribution in [0.3, 0.4) is 0 Å². The van der Waals surface area contributed by atoms with Crippen LogP contribution in [0.4, 0.5) is 16.2 Å². The molecule has 2 N–H and O–H groups in total. The Bertz CT molecular complexity index is 2820. The van der Waals surface area contributed by atoms with E-state index in [0.717, 1.165) is 62.7 Å². The van der Waals surface area contributed by atoms with Gasteiger partial charge in [0.1, 0.15) is 0 Å². The van der Waals surface area contributed by atoms with Gasteiger partial charge in [-0.15, -0.1) is 0 Å². The molecule has 1 unspecified atom stereocenters. The van der Waals surface area contributed by atoms with Gasteiger partial charge in [-0.3, -0.25) is 9.11 Å². The number of rotatable bonds is 13. The number of benzene rings is 4. The number of allylic oxidation sites excluding steroid dienone is 6. The fourth-order valence-electron chi connectivity index (χ4n) is 10.7. The number of ether oxygens (including phenoxy) is 1. The lowest BCUT2D eigenvalue weighted by Gasteiger charge is -2.37. The van der Waals surface area contributed by atoms with Gasteiger partial charge in [-0.2, -0.15) is 16.8 Å². The SMILES string of the molecule is CCOC(=O)N1CCN(C2=C(C=CC3N(CCCS(=O)(=O)O)c4ccc5ccccc5c4C3(C)C)CCC2=CC=C2N(CCCS(=O)(=O)O)c3ccc4ccccc4c3C2(C)C)CC1. The number of amides is 1. The van der Waals surface area contributed by atoms with Gasteiger partial charge >= 0.3 is 6.09 Å². The molecule has 3 heterocycles. The minimum absolute atomic E-state index is 0.122. The standard InChI is InChI=1S/C50H60N4O8S2/c1-6-62-48(55)52-31-29-51(30-32-52)47-37(21-25-43-49(2,3)45-39-15-9-7-13-35(39)19-23-41(45)53(43)27-11-33-63(56,57)58)17-18-38(47)22-26-44-50(4,5)46-40-16-10-8-14-36(40)20-24-42(46)54(44)28-12-34-64(59,60)61/h7-10,13-16,19-26,43H,6,11-12,17-18,27-34H2,1-5H3,(H,56,57,58)(H,59,60,61). The van der Waals surface area contributed by atoms with Gasteiger partial charge in [-0.05, 0) is 94.6 Å². The lowest BCUT2D eigenvalue weighted by atomic mass is 9.78. The molecule has 0 radical (unpaired) electrons. The van der Waals surface area contributed by atoms with Gasteiger partial charge in [0.05, 0.1) is 24.2 Å². The molecule has 1 saturated heterocycles. The maximum Gasteiger partial charge on any atom is 0.409 e. The molecule has 340 valence electrons. The number of anilines is 2. The van der Waals surface area contributed by atoms with Crippen molar-refractivity contribution in [1.82, 2.24) is 9.80 Å². The first-order chi connectivity index (χ1) is 30.4. The summed E-state index contributed by atoms with van der Waals surface area (Å²) in [6.45, 7) is 14.2. The van der Waals surface area contributed by atoms with Crippen molar-refractivity contribution < 1.29 is 35.5 Å². The molecule has 8 rings (SSSR count). The lowest BCUT2D eigenvalue weighted by Crippen LogP contribution is -2.48. The summed E-state index contributed by atoms with van der Waals surface area (Å²) in [4.78, 5) is 21.4. The van der Waals surface area contributed by atoms with E-state index in [9.17, 15) is 30.7 Å². The molecule has 0 saturated carbocycles. The van der Waals surface area contributed by atoms with E-state index in [4.69, 9.17) is 4.74 Å². The smallest absolute Gasteiger partial charge is 0.409 e. The molecule has 3 aliphatic heterocycles. The fraction of sp³-hybridized carbons (Fsp3) is 0.420. The molecule has 1 atom stereocenters. The highest BCUT2D eigenvalue weighted by Crippen LogP contribution is 2.52. The summed E-state index contributed by atoms with van der Waals surface area (Å²) >= 11 is 0. The highest BCUT2D eigenvalue weighted by Gasteiger charge is 2.45. The Morgan fingerprint density at radius 1 is 0.750 bits per heavy atom. The Morgan fingerprint density at radius 2 is 1.34 bits per heavy atom. The van der Waals surface area contributed by atoms with Crippen LogP contribution in [0.2, 0.25) is 0 Å². The van der Waals surface area contributed by atoms with Crippen molar-refractivity contribution in [2.24, 2.45) is 0 Å². The summed E-state index contributed by atoms with van der Waals surface area (Å²) in [6, 6.07) is 25.0.